The van der Waals surface area contributed by atoms with Crippen molar-refractivity contribution in [2.24, 2.45) is 5.92 Å². The molecule has 0 saturated carbocycles. The molecule has 4 nitrogen and oxygen atoms in total. The van der Waals surface area contributed by atoms with Gasteiger partial charge in [0.05, 0.1) is 11.6 Å². The van der Waals surface area contributed by atoms with Crippen molar-refractivity contribution in [1.29, 1.82) is 0 Å². The highest BCUT2D eigenvalue weighted by atomic mass is 35.5. The average Bonchev–Trinajstić information content (AvgIpc) is 2.37. The van der Waals surface area contributed by atoms with Gasteiger partial charge in [-0.2, -0.15) is 0 Å². The number of ether oxygens (including phenoxy) is 1. The van der Waals surface area contributed by atoms with Crippen LogP contribution >= 0.6 is 11.6 Å². The zero-order valence-corrected chi connectivity index (χ0v) is 11.8. The molecular formula is C14H18ClNO3. The van der Waals surface area contributed by atoms with Crippen molar-refractivity contribution in [1.82, 2.24) is 5.48 Å². The zero-order valence-electron chi connectivity index (χ0n) is 11.0. The summed E-state index contributed by atoms with van der Waals surface area (Å²) >= 11 is 6.09. The summed E-state index contributed by atoms with van der Waals surface area (Å²) in [7, 11) is 0. The Kier molecular flexibility index (Phi) is 6.39. The van der Waals surface area contributed by atoms with E-state index in [1.807, 2.05) is 0 Å². The van der Waals surface area contributed by atoms with Crippen LogP contribution in [0.4, 0.5) is 0 Å². The van der Waals surface area contributed by atoms with Crippen molar-refractivity contribution in [2.45, 2.75) is 20.3 Å². The van der Waals surface area contributed by atoms with Crippen molar-refractivity contribution >= 4 is 23.6 Å². The van der Waals surface area contributed by atoms with E-state index in [4.69, 9.17) is 21.5 Å². The van der Waals surface area contributed by atoms with E-state index < -0.39 is 5.91 Å². The molecule has 0 atom stereocenters. The third-order valence-corrected chi connectivity index (χ3v) is 2.74. The van der Waals surface area contributed by atoms with Crippen LogP contribution in [0.5, 0.6) is 5.75 Å². The SMILES string of the molecule is CC(C)CCOc1ccc(C=CC(=O)NO)cc1Cl. The van der Waals surface area contributed by atoms with Gasteiger partial charge in [0.2, 0.25) is 0 Å². The number of amides is 1. The predicted octanol–water partition coefficient (Wildman–Crippen LogP) is 3.28. The summed E-state index contributed by atoms with van der Waals surface area (Å²) in [4.78, 5) is 10.8. The Morgan fingerprint density at radius 1 is 1.53 bits per heavy atom. The lowest BCUT2D eigenvalue weighted by molar-refractivity contribution is -0.124. The summed E-state index contributed by atoms with van der Waals surface area (Å²) in [6.45, 7) is 4.88. The number of carbonyl (C=O) groups excluding carboxylic acids is 1. The monoisotopic (exact) mass is 283 g/mol. The topological polar surface area (TPSA) is 58.6 Å². The fourth-order valence-electron chi connectivity index (χ4n) is 1.35. The molecule has 5 heteroatoms. The van der Waals surface area contributed by atoms with Gasteiger partial charge in [-0.25, -0.2) is 5.48 Å². The number of hydroxylamine groups is 1. The van der Waals surface area contributed by atoms with Crippen LogP contribution in [-0.2, 0) is 4.79 Å². The Morgan fingerprint density at radius 2 is 2.26 bits per heavy atom. The van der Waals surface area contributed by atoms with E-state index in [0.29, 0.717) is 23.3 Å². The Morgan fingerprint density at radius 3 is 2.84 bits per heavy atom. The molecule has 0 bridgehead atoms. The molecule has 1 aromatic rings. The predicted molar refractivity (Wildman–Crippen MR) is 75.4 cm³/mol. The van der Waals surface area contributed by atoms with Crippen molar-refractivity contribution < 1.29 is 14.7 Å². The van der Waals surface area contributed by atoms with Gasteiger partial charge in [0.25, 0.3) is 5.91 Å². The van der Waals surface area contributed by atoms with Gasteiger partial charge in [-0.05, 0) is 36.1 Å². The minimum absolute atomic E-state index is 0.496. The van der Waals surface area contributed by atoms with Gasteiger partial charge in [-0.3, -0.25) is 10.0 Å². The molecule has 0 spiro atoms. The molecule has 0 aliphatic carbocycles. The molecule has 1 aromatic carbocycles. The lowest BCUT2D eigenvalue weighted by Crippen LogP contribution is -2.14. The fourth-order valence-corrected chi connectivity index (χ4v) is 1.60. The molecule has 0 radical (unpaired) electrons. The molecule has 0 heterocycles. The smallest absolute Gasteiger partial charge is 0.267 e. The number of nitrogens with one attached hydrogen (secondary N) is 1. The first-order chi connectivity index (χ1) is 9.02. The first kappa shape index (κ1) is 15.5. The van der Waals surface area contributed by atoms with Crippen LogP contribution in [-0.4, -0.2) is 17.7 Å². The highest BCUT2D eigenvalue weighted by Gasteiger charge is 2.03. The second kappa shape index (κ2) is 7.81. The molecule has 2 N–H and O–H groups in total. The Bertz CT molecular complexity index is 458. The Labute approximate surface area is 118 Å². The van der Waals surface area contributed by atoms with Gasteiger partial charge >= 0.3 is 0 Å². The lowest BCUT2D eigenvalue weighted by atomic mass is 10.1. The Hall–Kier alpha value is -1.52. The second-order valence-corrected chi connectivity index (χ2v) is 4.94. The highest BCUT2D eigenvalue weighted by molar-refractivity contribution is 6.32. The molecule has 0 aromatic heterocycles. The van der Waals surface area contributed by atoms with Gasteiger partial charge in [-0.15, -0.1) is 0 Å². The van der Waals surface area contributed by atoms with Crippen LogP contribution < -0.4 is 10.2 Å². The number of rotatable bonds is 6. The number of benzene rings is 1. The zero-order chi connectivity index (χ0) is 14.3. The number of carbonyl (C=O) groups is 1. The minimum Gasteiger partial charge on any atom is -0.492 e. The molecule has 0 aliphatic heterocycles. The molecule has 0 fully saturated rings. The number of hydrogen-bond acceptors (Lipinski definition) is 3. The maximum absolute atomic E-state index is 10.8. The first-order valence-electron chi connectivity index (χ1n) is 6.07. The van der Waals surface area contributed by atoms with E-state index >= 15 is 0 Å². The van der Waals surface area contributed by atoms with Gasteiger partial charge < -0.3 is 4.74 Å². The molecule has 0 saturated heterocycles. The number of hydrogen-bond donors (Lipinski definition) is 2. The quantitative estimate of drug-likeness (QED) is 0.478. The van der Waals surface area contributed by atoms with E-state index in [0.717, 1.165) is 12.0 Å². The van der Waals surface area contributed by atoms with E-state index in [2.05, 4.69) is 13.8 Å². The molecule has 1 amide bonds. The second-order valence-electron chi connectivity index (χ2n) is 4.53. The lowest BCUT2D eigenvalue weighted by Gasteiger charge is -2.09. The van der Waals surface area contributed by atoms with Crippen molar-refractivity contribution in [3.63, 3.8) is 0 Å². The van der Waals surface area contributed by atoms with Crippen LogP contribution in [0, 0.1) is 5.92 Å². The highest BCUT2D eigenvalue weighted by Crippen LogP contribution is 2.26. The van der Waals surface area contributed by atoms with Gasteiger partial charge in [0, 0.05) is 6.08 Å². The van der Waals surface area contributed by atoms with E-state index in [1.165, 1.54) is 11.6 Å². The third kappa shape index (κ3) is 5.77. The van der Waals surface area contributed by atoms with Crippen LogP contribution in [0.1, 0.15) is 25.8 Å². The fraction of sp³-hybridized carbons (Fsp3) is 0.357. The summed E-state index contributed by atoms with van der Waals surface area (Å²) < 4.78 is 5.57. The Balaban J connectivity index is 2.64. The van der Waals surface area contributed by atoms with Gasteiger partial charge in [0.15, 0.2) is 0 Å². The summed E-state index contributed by atoms with van der Waals surface area (Å²) in [6.07, 6.45) is 3.73. The van der Waals surface area contributed by atoms with Crippen molar-refractivity contribution in [2.75, 3.05) is 6.61 Å². The maximum atomic E-state index is 10.8. The molecule has 1 rings (SSSR count). The minimum atomic E-state index is -0.589. The summed E-state index contributed by atoms with van der Waals surface area (Å²) in [6, 6.07) is 5.25. The van der Waals surface area contributed by atoms with E-state index in [1.54, 1.807) is 24.3 Å². The normalized spacial score (nSPS) is 11.0. The van der Waals surface area contributed by atoms with Crippen LogP contribution in [0.25, 0.3) is 6.08 Å². The largest absolute Gasteiger partial charge is 0.492 e. The molecular weight excluding hydrogens is 266 g/mol. The molecule has 104 valence electrons. The van der Waals surface area contributed by atoms with Gasteiger partial charge in [-0.1, -0.05) is 31.5 Å². The molecule has 0 aliphatic rings. The van der Waals surface area contributed by atoms with Crippen LogP contribution in [0.3, 0.4) is 0 Å². The summed E-state index contributed by atoms with van der Waals surface area (Å²) in [5.41, 5.74) is 2.27. The van der Waals surface area contributed by atoms with Crippen molar-refractivity contribution in [3.8, 4) is 5.75 Å². The van der Waals surface area contributed by atoms with E-state index in [9.17, 15) is 4.79 Å². The summed E-state index contributed by atoms with van der Waals surface area (Å²) in [5, 5.41) is 8.85. The molecule has 19 heavy (non-hydrogen) atoms. The average molecular weight is 284 g/mol. The van der Waals surface area contributed by atoms with Crippen LogP contribution in [0.2, 0.25) is 5.02 Å². The first-order valence-corrected chi connectivity index (χ1v) is 6.45. The summed E-state index contributed by atoms with van der Waals surface area (Å²) in [5.74, 6) is 0.623. The number of halogens is 1. The molecule has 0 unspecified atom stereocenters. The van der Waals surface area contributed by atoms with Crippen LogP contribution in [0.15, 0.2) is 24.3 Å². The van der Waals surface area contributed by atoms with Crippen molar-refractivity contribution in [3.05, 3.63) is 34.9 Å². The maximum Gasteiger partial charge on any atom is 0.267 e. The third-order valence-electron chi connectivity index (χ3n) is 2.45. The standard InChI is InChI=1S/C14H18ClNO3/c1-10(2)7-8-19-13-5-3-11(9-12(13)15)4-6-14(17)16-18/h3-6,9-10,18H,7-8H2,1-2H3,(H,16,17). The van der Waals surface area contributed by atoms with E-state index in [-0.39, 0.29) is 0 Å². The van der Waals surface area contributed by atoms with Gasteiger partial charge in [0.1, 0.15) is 5.75 Å².